The molecule has 0 aliphatic carbocycles. The van der Waals surface area contributed by atoms with Gasteiger partial charge in [-0.3, -0.25) is 0 Å². The molecule has 1 atom stereocenters. The van der Waals surface area contributed by atoms with Crippen LogP contribution in [0.1, 0.15) is 6.92 Å². The maximum absolute atomic E-state index is 5.12. The molecule has 0 aliphatic rings. The molecule has 1 aromatic carbocycles. The summed E-state index contributed by atoms with van der Waals surface area (Å²) in [7, 11) is 1.67. The first-order chi connectivity index (χ1) is 10.3. The fourth-order valence-electron chi connectivity index (χ4n) is 2.12. The molecule has 2 aromatic heterocycles. The van der Waals surface area contributed by atoms with Crippen molar-refractivity contribution in [3.05, 3.63) is 36.7 Å². The van der Waals surface area contributed by atoms with Crippen molar-refractivity contribution < 1.29 is 4.74 Å². The van der Waals surface area contributed by atoms with Gasteiger partial charge in [-0.15, -0.1) is 5.10 Å². The third-order valence-electron chi connectivity index (χ3n) is 3.04. The molecule has 21 heavy (non-hydrogen) atoms. The number of benzene rings is 1. The Kier molecular flexibility index (Phi) is 3.74. The number of para-hydroxylation sites is 1. The van der Waals surface area contributed by atoms with Gasteiger partial charge in [0.2, 0.25) is 0 Å². The second-order valence-corrected chi connectivity index (χ2v) is 4.73. The maximum atomic E-state index is 5.12. The number of hydrogen-bond donors (Lipinski definition) is 1. The van der Waals surface area contributed by atoms with E-state index in [1.807, 2.05) is 37.3 Å². The zero-order valence-corrected chi connectivity index (χ0v) is 11.9. The lowest BCUT2D eigenvalue weighted by atomic mass is 10.3. The first-order valence-electron chi connectivity index (χ1n) is 6.67. The van der Waals surface area contributed by atoms with Gasteiger partial charge in [0, 0.05) is 13.2 Å². The van der Waals surface area contributed by atoms with Crippen molar-refractivity contribution in [1.82, 2.24) is 25.0 Å². The van der Waals surface area contributed by atoms with Gasteiger partial charge in [-0.2, -0.15) is 4.68 Å². The topological polar surface area (TPSA) is 77.8 Å². The highest BCUT2D eigenvalue weighted by Gasteiger charge is 2.14. The van der Waals surface area contributed by atoms with Gasteiger partial charge < -0.3 is 10.1 Å². The Morgan fingerprint density at radius 2 is 2.05 bits per heavy atom. The predicted molar refractivity (Wildman–Crippen MR) is 79.4 cm³/mol. The van der Waals surface area contributed by atoms with Gasteiger partial charge in [-0.25, -0.2) is 9.97 Å². The summed E-state index contributed by atoms with van der Waals surface area (Å²) in [5.41, 5.74) is 2.22. The first kappa shape index (κ1) is 13.4. The molecule has 0 radical (unpaired) electrons. The largest absolute Gasteiger partial charge is 0.383 e. The van der Waals surface area contributed by atoms with Crippen LogP contribution in [0.15, 0.2) is 36.7 Å². The molecule has 0 aliphatic heterocycles. The van der Waals surface area contributed by atoms with E-state index in [0.717, 1.165) is 5.69 Å². The second kappa shape index (κ2) is 5.84. The predicted octanol–water partition coefficient (Wildman–Crippen LogP) is 1.66. The summed E-state index contributed by atoms with van der Waals surface area (Å²) in [4.78, 5) is 8.53. The van der Waals surface area contributed by atoms with Crippen LogP contribution in [0.2, 0.25) is 0 Å². The Bertz CT molecular complexity index is 727. The van der Waals surface area contributed by atoms with E-state index < -0.39 is 0 Å². The summed E-state index contributed by atoms with van der Waals surface area (Å²) < 4.78 is 6.81. The second-order valence-electron chi connectivity index (χ2n) is 4.73. The van der Waals surface area contributed by atoms with Crippen molar-refractivity contribution in [3.8, 4) is 5.69 Å². The van der Waals surface area contributed by atoms with Crippen molar-refractivity contribution in [2.75, 3.05) is 19.0 Å². The average molecular weight is 284 g/mol. The molecule has 0 saturated carbocycles. The Morgan fingerprint density at radius 3 is 2.81 bits per heavy atom. The highest BCUT2D eigenvalue weighted by molar-refractivity contribution is 5.83. The van der Waals surface area contributed by atoms with Gasteiger partial charge in [0.05, 0.1) is 12.3 Å². The highest BCUT2D eigenvalue weighted by atomic mass is 16.5. The Balaban J connectivity index is 2.00. The molecular formula is C14H16N6O. The van der Waals surface area contributed by atoms with Crippen LogP contribution in [0.4, 0.5) is 5.82 Å². The minimum atomic E-state index is 0.120. The van der Waals surface area contributed by atoms with Gasteiger partial charge in [-0.1, -0.05) is 23.4 Å². The Hall–Kier alpha value is -2.54. The molecule has 108 valence electrons. The third-order valence-corrected chi connectivity index (χ3v) is 3.04. The Morgan fingerprint density at radius 1 is 1.24 bits per heavy atom. The minimum Gasteiger partial charge on any atom is -0.383 e. The fourth-order valence-corrected chi connectivity index (χ4v) is 2.12. The molecule has 1 N–H and O–H groups in total. The van der Waals surface area contributed by atoms with Crippen molar-refractivity contribution in [1.29, 1.82) is 0 Å². The summed E-state index contributed by atoms with van der Waals surface area (Å²) in [6.07, 6.45) is 1.51. The van der Waals surface area contributed by atoms with E-state index in [4.69, 9.17) is 4.74 Å². The highest BCUT2D eigenvalue weighted by Crippen LogP contribution is 2.19. The van der Waals surface area contributed by atoms with Crippen LogP contribution >= 0.6 is 0 Å². The normalized spacial score (nSPS) is 12.5. The fraction of sp³-hybridized carbons (Fsp3) is 0.286. The summed E-state index contributed by atoms with van der Waals surface area (Å²) in [6, 6.07) is 9.88. The van der Waals surface area contributed by atoms with E-state index in [-0.39, 0.29) is 6.04 Å². The molecule has 0 amide bonds. The zero-order valence-electron chi connectivity index (χ0n) is 11.9. The number of nitrogens with one attached hydrogen (secondary N) is 1. The quantitative estimate of drug-likeness (QED) is 0.767. The number of ether oxygens (including phenoxy) is 1. The third kappa shape index (κ3) is 2.68. The number of anilines is 1. The van der Waals surface area contributed by atoms with Gasteiger partial charge in [0.25, 0.3) is 0 Å². The van der Waals surface area contributed by atoms with Crippen molar-refractivity contribution in [2.24, 2.45) is 0 Å². The monoisotopic (exact) mass is 284 g/mol. The zero-order chi connectivity index (χ0) is 14.7. The Labute approximate surface area is 122 Å². The van der Waals surface area contributed by atoms with Crippen molar-refractivity contribution in [2.45, 2.75) is 13.0 Å². The van der Waals surface area contributed by atoms with E-state index in [1.165, 1.54) is 6.33 Å². The maximum Gasteiger partial charge on any atom is 0.188 e. The molecule has 0 saturated heterocycles. The number of nitrogens with zero attached hydrogens (tertiary/aromatic N) is 5. The number of methoxy groups -OCH3 is 1. The molecule has 7 heteroatoms. The smallest absolute Gasteiger partial charge is 0.188 e. The van der Waals surface area contributed by atoms with Crippen LogP contribution in [0.5, 0.6) is 0 Å². The van der Waals surface area contributed by atoms with Crippen molar-refractivity contribution >= 4 is 17.0 Å². The van der Waals surface area contributed by atoms with Gasteiger partial charge in [0.1, 0.15) is 6.33 Å². The van der Waals surface area contributed by atoms with Crippen LogP contribution < -0.4 is 5.32 Å². The summed E-state index contributed by atoms with van der Waals surface area (Å²) in [6.45, 7) is 2.59. The molecular weight excluding hydrogens is 268 g/mol. The number of hydrogen-bond acceptors (Lipinski definition) is 6. The average Bonchev–Trinajstić information content (AvgIpc) is 2.93. The van der Waals surface area contributed by atoms with E-state index in [9.17, 15) is 0 Å². The number of fused-ring (bicyclic) bond motifs is 1. The SMILES string of the molecule is COCC(C)Nc1ncnc2c1nnn2-c1ccccc1. The van der Waals surface area contributed by atoms with Crippen LogP contribution in [0, 0.1) is 0 Å². The van der Waals surface area contributed by atoms with E-state index in [1.54, 1.807) is 11.8 Å². The molecule has 0 bridgehead atoms. The van der Waals surface area contributed by atoms with Crippen LogP contribution in [-0.4, -0.2) is 44.7 Å². The molecule has 0 spiro atoms. The number of rotatable bonds is 5. The standard InChI is InChI=1S/C14H16N6O/c1-10(8-21-2)17-13-12-14(16-9-15-13)20(19-18-12)11-6-4-3-5-7-11/h3-7,9-10H,8H2,1-2H3,(H,15,16,17). The van der Waals surface area contributed by atoms with E-state index in [2.05, 4.69) is 25.6 Å². The van der Waals surface area contributed by atoms with Gasteiger partial charge in [0.15, 0.2) is 17.0 Å². The summed E-state index contributed by atoms with van der Waals surface area (Å²) in [5.74, 6) is 0.659. The molecule has 3 rings (SSSR count). The van der Waals surface area contributed by atoms with Crippen LogP contribution in [0.25, 0.3) is 16.9 Å². The van der Waals surface area contributed by atoms with Crippen LogP contribution in [0.3, 0.4) is 0 Å². The molecule has 3 aromatic rings. The molecule has 2 heterocycles. The lowest BCUT2D eigenvalue weighted by Gasteiger charge is -2.12. The first-order valence-corrected chi connectivity index (χ1v) is 6.67. The molecule has 7 nitrogen and oxygen atoms in total. The van der Waals surface area contributed by atoms with Gasteiger partial charge >= 0.3 is 0 Å². The lowest BCUT2D eigenvalue weighted by molar-refractivity contribution is 0.190. The summed E-state index contributed by atoms with van der Waals surface area (Å²) in [5, 5.41) is 11.6. The number of aromatic nitrogens is 5. The van der Waals surface area contributed by atoms with Gasteiger partial charge in [-0.05, 0) is 19.1 Å². The van der Waals surface area contributed by atoms with Crippen LogP contribution in [-0.2, 0) is 4.74 Å². The lowest BCUT2D eigenvalue weighted by Crippen LogP contribution is -2.21. The van der Waals surface area contributed by atoms with E-state index >= 15 is 0 Å². The van der Waals surface area contributed by atoms with E-state index in [0.29, 0.717) is 23.6 Å². The summed E-state index contributed by atoms with van der Waals surface area (Å²) >= 11 is 0. The van der Waals surface area contributed by atoms with Crippen molar-refractivity contribution in [3.63, 3.8) is 0 Å². The minimum absolute atomic E-state index is 0.120. The molecule has 1 unspecified atom stereocenters. The molecule has 0 fully saturated rings.